The van der Waals surface area contributed by atoms with Crippen LogP contribution in [-0.2, 0) is 19.1 Å². The maximum atomic E-state index is 13.6. The van der Waals surface area contributed by atoms with Crippen molar-refractivity contribution >= 4 is 23.8 Å². The number of aliphatic hydroxyl groups is 1. The van der Waals surface area contributed by atoms with Crippen molar-refractivity contribution in [3.63, 3.8) is 0 Å². The van der Waals surface area contributed by atoms with Gasteiger partial charge in [-0.3, -0.25) is 14.4 Å². The van der Waals surface area contributed by atoms with Crippen molar-refractivity contribution in [3.8, 4) is 33.6 Å². The number of imidazole rings is 2. The molecule has 5 atom stereocenters. The molecule has 2 fully saturated rings. The Bertz CT molecular complexity index is 1970. The van der Waals surface area contributed by atoms with Crippen molar-refractivity contribution in [2.24, 2.45) is 17.8 Å². The monoisotopic (exact) mass is 752 g/mol. The Labute approximate surface area is 321 Å². The highest BCUT2D eigenvalue weighted by atomic mass is 16.5. The summed E-state index contributed by atoms with van der Waals surface area (Å²) in [6.07, 6.45) is 5.33. The number of hydrogen-bond donors (Lipinski definition) is 5. The molecule has 0 radical (unpaired) electrons. The summed E-state index contributed by atoms with van der Waals surface area (Å²) in [4.78, 5) is 70.9. The number of methoxy groups -OCH3 is 1. The van der Waals surface area contributed by atoms with Gasteiger partial charge in [0.15, 0.2) is 0 Å². The molecule has 2 unspecified atom stereocenters. The number of rotatable bonds is 12. The molecular weight excluding hydrogens is 701 g/mol. The Balaban J connectivity index is 1.12. The van der Waals surface area contributed by atoms with E-state index in [1.165, 1.54) is 7.11 Å². The molecule has 6 rings (SSSR count). The lowest BCUT2D eigenvalue weighted by Gasteiger charge is -2.30. The lowest BCUT2D eigenvalue weighted by atomic mass is 10.0. The number of hydrogen-bond acceptors (Lipinski definition) is 8. The predicted octanol–water partition coefficient (Wildman–Crippen LogP) is 5.22. The average molecular weight is 753 g/mol. The van der Waals surface area contributed by atoms with E-state index < -0.39 is 30.7 Å². The van der Waals surface area contributed by atoms with E-state index >= 15 is 0 Å². The molecule has 0 bridgehead atoms. The van der Waals surface area contributed by atoms with Crippen LogP contribution in [0.4, 0.5) is 4.79 Å². The Morgan fingerprint density at radius 3 is 1.78 bits per heavy atom. The molecule has 4 heterocycles. The van der Waals surface area contributed by atoms with Crippen LogP contribution >= 0.6 is 0 Å². The van der Waals surface area contributed by atoms with E-state index in [1.807, 2.05) is 52.0 Å². The molecule has 4 aromatic rings. The Hall–Kier alpha value is -5.50. The number of aromatic nitrogens is 4. The number of carbonyl (C=O) groups excluding carboxylic acids is 4. The van der Waals surface area contributed by atoms with Crippen LogP contribution in [0.25, 0.3) is 33.6 Å². The zero-order valence-corrected chi connectivity index (χ0v) is 32.3. The highest BCUT2D eigenvalue weighted by molar-refractivity contribution is 5.89. The minimum absolute atomic E-state index is 0.108. The van der Waals surface area contributed by atoms with Gasteiger partial charge in [0.25, 0.3) is 0 Å². The van der Waals surface area contributed by atoms with Gasteiger partial charge in [-0.15, -0.1) is 0 Å². The summed E-state index contributed by atoms with van der Waals surface area (Å²) in [5.41, 5.74) is 5.72. The number of nitrogens with one attached hydrogen (secondary N) is 4. The fraction of sp³-hybridized carbons (Fsp3) is 0.463. The topological polar surface area (TPSA) is 186 Å². The van der Waals surface area contributed by atoms with Crippen molar-refractivity contribution in [1.29, 1.82) is 0 Å². The summed E-state index contributed by atoms with van der Waals surface area (Å²) in [5, 5.41) is 14.6. The first-order chi connectivity index (χ1) is 26.4. The van der Waals surface area contributed by atoms with Gasteiger partial charge in [0, 0.05) is 13.1 Å². The molecule has 4 amide bonds. The second kappa shape index (κ2) is 16.9. The average Bonchev–Trinajstić information content (AvgIpc) is 4.02. The summed E-state index contributed by atoms with van der Waals surface area (Å²) < 4.78 is 4.75. The van der Waals surface area contributed by atoms with Gasteiger partial charge in [-0.05, 0) is 59.3 Å². The number of aromatic amines is 2. The highest BCUT2D eigenvalue weighted by Crippen LogP contribution is 2.37. The van der Waals surface area contributed by atoms with Gasteiger partial charge < -0.3 is 40.2 Å². The van der Waals surface area contributed by atoms with E-state index in [2.05, 4.69) is 61.8 Å². The third kappa shape index (κ3) is 8.59. The van der Waals surface area contributed by atoms with Gasteiger partial charge in [0.2, 0.25) is 17.7 Å². The molecule has 0 aliphatic carbocycles. The first kappa shape index (κ1) is 39.2. The molecule has 14 nitrogen and oxygen atoms in total. The van der Waals surface area contributed by atoms with Gasteiger partial charge in [-0.2, -0.15) is 0 Å². The number of H-pyrrole nitrogens is 2. The van der Waals surface area contributed by atoms with E-state index in [4.69, 9.17) is 4.74 Å². The largest absolute Gasteiger partial charge is 0.453 e. The Morgan fingerprint density at radius 1 is 0.782 bits per heavy atom. The Kier molecular flexibility index (Phi) is 12.0. The number of nitrogens with zero attached hydrogens (tertiary/aromatic N) is 4. The van der Waals surface area contributed by atoms with Crippen molar-refractivity contribution < 1.29 is 29.0 Å². The lowest BCUT2D eigenvalue weighted by molar-refractivity contribution is -0.139. The fourth-order valence-electron chi connectivity index (χ4n) is 7.64. The molecule has 2 aromatic carbocycles. The molecule has 2 saturated heterocycles. The first-order valence-corrected chi connectivity index (χ1v) is 19.0. The standard InChI is InChI=1S/C41H52N8O6/c1-23(2)35(46-34(51)22-50)40(53)49-21-25(5)18-33(49)38-43-20-31(45-38)29-15-11-27(12-16-29)26-9-13-28(14-10-26)30-19-42-37(44-30)32-8-7-17-48(32)39(52)36(24(3)4)47-41(54)55-6/h9-16,19-20,23-25,32-33,35-36,50H,7-8,17-18,21-22H2,1-6H3,(H,42,44)(H,43,45)(H,46,51)(H,47,54)/t25?,32?,33-,35-,36-/m0/s1. The van der Waals surface area contributed by atoms with Crippen LogP contribution in [0.15, 0.2) is 60.9 Å². The number of amides is 4. The smallest absolute Gasteiger partial charge is 0.407 e. The number of likely N-dealkylation sites (tertiary alicyclic amines) is 2. The molecule has 5 N–H and O–H groups in total. The van der Waals surface area contributed by atoms with E-state index in [-0.39, 0.29) is 41.7 Å². The maximum absolute atomic E-state index is 13.6. The van der Waals surface area contributed by atoms with E-state index in [0.717, 1.165) is 58.7 Å². The van der Waals surface area contributed by atoms with Crippen LogP contribution in [0.2, 0.25) is 0 Å². The number of ether oxygens (including phenoxy) is 1. The molecule has 2 aliphatic heterocycles. The third-order valence-corrected chi connectivity index (χ3v) is 10.7. The Morgan fingerprint density at radius 2 is 1.27 bits per heavy atom. The number of benzene rings is 2. The minimum Gasteiger partial charge on any atom is -0.453 e. The molecule has 2 aromatic heterocycles. The quantitative estimate of drug-likeness (QED) is 0.130. The lowest BCUT2D eigenvalue weighted by Crippen LogP contribution is -2.51. The summed E-state index contributed by atoms with van der Waals surface area (Å²) >= 11 is 0. The van der Waals surface area contributed by atoms with Crippen molar-refractivity contribution in [2.75, 3.05) is 26.8 Å². The predicted molar refractivity (Wildman–Crippen MR) is 207 cm³/mol. The second-order valence-corrected chi connectivity index (χ2v) is 15.4. The van der Waals surface area contributed by atoms with E-state index in [0.29, 0.717) is 18.9 Å². The van der Waals surface area contributed by atoms with Crippen LogP contribution in [0.5, 0.6) is 0 Å². The van der Waals surface area contributed by atoms with Crippen LogP contribution in [0.3, 0.4) is 0 Å². The summed E-state index contributed by atoms with van der Waals surface area (Å²) in [6.45, 7) is 10.1. The van der Waals surface area contributed by atoms with Gasteiger partial charge in [0.05, 0.1) is 43.0 Å². The normalized spacial score (nSPS) is 19.5. The summed E-state index contributed by atoms with van der Waals surface area (Å²) in [5.74, 6) is 0.541. The minimum atomic E-state index is -0.734. The van der Waals surface area contributed by atoms with Crippen LogP contribution in [0, 0.1) is 17.8 Å². The number of aliphatic hydroxyl groups excluding tert-OH is 1. The second-order valence-electron chi connectivity index (χ2n) is 15.4. The highest BCUT2D eigenvalue weighted by Gasteiger charge is 2.40. The van der Waals surface area contributed by atoms with Gasteiger partial charge in [-0.25, -0.2) is 14.8 Å². The van der Waals surface area contributed by atoms with Crippen LogP contribution < -0.4 is 10.6 Å². The van der Waals surface area contributed by atoms with Crippen LogP contribution in [0.1, 0.15) is 77.6 Å². The van der Waals surface area contributed by atoms with Gasteiger partial charge >= 0.3 is 6.09 Å². The zero-order valence-electron chi connectivity index (χ0n) is 32.3. The third-order valence-electron chi connectivity index (χ3n) is 10.7. The van der Waals surface area contributed by atoms with Crippen molar-refractivity contribution in [1.82, 2.24) is 40.4 Å². The zero-order chi connectivity index (χ0) is 39.4. The van der Waals surface area contributed by atoms with E-state index in [9.17, 15) is 24.3 Å². The van der Waals surface area contributed by atoms with Gasteiger partial charge in [-0.1, -0.05) is 83.1 Å². The van der Waals surface area contributed by atoms with Crippen LogP contribution in [-0.4, -0.2) is 97.5 Å². The molecule has 2 aliphatic rings. The number of carbonyl (C=O) groups is 4. The first-order valence-electron chi connectivity index (χ1n) is 19.0. The van der Waals surface area contributed by atoms with E-state index in [1.54, 1.807) is 22.2 Å². The molecule has 292 valence electrons. The maximum Gasteiger partial charge on any atom is 0.407 e. The van der Waals surface area contributed by atoms with Gasteiger partial charge in [0.1, 0.15) is 30.3 Å². The SMILES string of the molecule is COC(=O)N[C@H](C(=O)N1CCCC1c1ncc(-c2ccc(-c3ccc(-c4cnc([C@@H]5CC(C)CN5C(=O)[C@@H](NC(=O)CO)C(C)C)[nH]4)cc3)cc2)[nH]1)C(C)C. The molecule has 0 saturated carbocycles. The molecular formula is C41H52N8O6. The van der Waals surface area contributed by atoms with Crippen molar-refractivity contribution in [3.05, 3.63) is 72.6 Å². The summed E-state index contributed by atoms with van der Waals surface area (Å²) in [6, 6.07) is 14.5. The molecule has 14 heteroatoms. The molecule has 55 heavy (non-hydrogen) atoms. The fourth-order valence-corrected chi connectivity index (χ4v) is 7.64. The molecule has 0 spiro atoms. The van der Waals surface area contributed by atoms with Crippen molar-refractivity contribution in [2.45, 2.75) is 78.0 Å². The summed E-state index contributed by atoms with van der Waals surface area (Å²) in [7, 11) is 1.29. The number of alkyl carbamates (subject to hydrolysis) is 1.